The molecule has 0 aliphatic carbocycles. The second-order valence-electron chi connectivity index (χ2n) is 2.67. The molecule has 0 heterocycles. The van der Waals surface area contributed by atoms with E-state index in [1.54, 1.807) is 0 Å². The van der Waals surface area contributed by atoms with Crippen LogP contribution in [0.2, 0.25) is 0 Å². The Morgan fingerprint density at radius 2 is 1.25 bits per heavy atom. The minimum Gasteiger partial charge on any atom is -0.322 e. The summed E-state index contributed by atoms with van der Waals surface area (Å²) in [6.45, 7) is 2.76. The molecule has 0 aliphatic heterocycles. The van der Waals surface area contributed by atoms with Gasteiger partial charge in [0.2, 0.25) is 5.02 Å². The molecule has 16 heavy (non-hydrogen) atoms. The van der Waals surface area contributed by atoms with Gasteiger partial charge in [0.25, 0.3) is 0 Å². The molecule has 0 aromatic carbocycles. The van der Waals surface area contributed by atoms with Gasteiger partial charge in [0.1, 0.15) is 0 Å². The quantitative estimate of drug-likeness (QED) is 0.242. The van der Waals surface area contributed by atoms with Gasteiger partial charge in [-0.1, -0.05) is 6.58 Å². The third kappa shape index (κ3) is 3.32. The standard InChI is InChI=1S/C3H10NO9P3/c1-2-3(14(5,6)7,15(8,9)10)4-16(11,12)13/h2H,1H2,(H2,5,6,7)(H2,8,9,10)(H3,4,11,12,13). The van der Waals surface area contributed by atoms with Gasteiger partial charge in [-0.15, -0.1) is 0 Å². The Morgan fingerprint density at radius 3 is 1.31 bits per heavy atom. The first-order valence-electron chi connectivity index (χ1n) is 3.37. The summed E-state index contributed by atoms with van der Waals surface area (Å²) in [7, 11) is -16.5. The van der Waals surface area contributed by atoms with Crippen molar-refractivity contribution in [3.8, 4) is 0 Å². The number of rotatable bonds is 5. The lowest BCUT2D eigenvalue weighted by atomic mass is 10.6. The summed E-state index contributed by atoms with van der Waals surface area (Å²) in [6, 6.07) is 0. The molecule has 0 rings (SSSR count). The Hall–Kier alpha value is 0.150. The molecular formula is C3H10NO9P3. The molecule has 0 fully saturated rings. The fourth-order valence-electron chi connectivity index (χ4n) is 0.798. The van der Waals surface area contributed by atoms with Crippen LogP contribution >= 0.6 is 22.9 Å². The highest BCUT2D eigenvalue weighted by atomic mass is 31.2. The zero-order valence-electron chi connectivity index (χ0n) is 7.53. The van der Waals surface area contributed by atoms with Gasteiger partial charge in [-0.3, -0.25) is 9.13 Å². The van der Waals surface area contributed by atoms with E-state index in [9.17, 15) is 13.7 Å². The number of hydrogen-bond donors (Lipinski definition) is 7. The normalized spacial score (nSPS) is 14.9. The van der Waals surface area contributed by atoms with E-state index in [-0.39, 0.29) is 6.08 Å². The molecule has 0 saturated heterocycles. The van der Waals surface area contributed by atoms with Crippen LogP contribution in [0, 0.1) is 0 Å². The van der Waals surface area contributed by atoms with Crippen molar-refractivity contribution in [3.05, 3.63) is 12.7 Å². The second kappa shape index (κ2) is 4.44. The zero-order chi connectivity index (χ0) is 13.4. The molecule has 0 amide bonds. The van der Waals surface area contributed by atoms with E-state index in [2.05, 4.69) is 6.58 Å². The third-order valence-electron chi connectivity index (χ3n) is 1.48. The molecule has 7 N–H and O–H groups in total. The molecule has 0 aromatic heterocycles. The van der Waals surface area contributed by atoms with Crippen LogP contribution < -0.4 is 5.09 Å². The van der Waals surface area contributed by atoms with Crippen molar-refractivity contribution in [2.45, 2.75) is 5.02 Å². The van der Waals surface area contributed by atoms with Crippen LogP contribution in [-0.2, 0) is 13.7 Å². The van der Waals surface area contributed by atoms with Gasteiger partial charge in [0, 0.05) is 0 Å². The minimum atomic E-state index is -5.61. The van der Waals surface area contributed by atoms with Gasteiger partial charge in [0.15, 0.2) is 0 Å². The molecule has 0 bridgehead atoms. The molecule has 0 saturated carbocycles. The highest BCUT2D eigenvalue weighted by molar-refractivity contribution is 7.73. The number of hydrogen-bond acceptors (Lipinski definition) is 3. The summed E-state index contributed by atoms with van der Waals surface area (Å²) >= 11 is 0. The van der Waals surface area contributed by atoms with E-state index in [0.717, 1.165) is 5.09 Å². The summed E-state index contributed by atoms with van der Waals surface area (Å²) in [6.07, 6.45) is 0.0770. The van der Waals surface area contributed by atoms with Crippen molar-refractivity contribution in [1.82, 2.24) is 5.09 Å². The van der Waals surface area contributed by atoms with Crippen LogP contribution in [0.3, 0.4) is 0 Å². The summed E-state index contributed by atoms with van der Waals surface area (Å²) in [5.74, 6) is 0. The van der Waals surface area contributed by atoms with Crippen LogP contribution in [0.15, 0.2) is 12.7 Å². The Kier molecular flexibility index (Phi) is 4.48. The lowest BCUT2D eigenvalue weighted by Gasteiger charge is -2.32. The molecule has 0 radical (unpaired) electrons. The van der Waals surface area contributed by atoms with Crippen molar-refractivity contribution in [2.75, 3.05) is 0 Å². The Labute approximate surface area is 89.5 Å². The topological polar surface area (TPSA) is 185 Å². The maximum atomic E-state index is 10.9. The van der Waals surface area contributed by atoms with Crippen molar-refractivity contribution in [1.29, 1.82) is 0 Å². The first-order chi connectivity index (χ1) is 6.77. The van der Waals surface area contributed by atoms with E-state index >= 15 is 0 Å². The van der Waals surface area contributed by atoms with Crippen molar-refractivity contribution in [2.24, 2.45) is 0 Å². The lowest BCUT2D eigenvalue weighted by molar-refractivity contribution is 0.298. The molecule has 0 aliphatic rings. The van der Waals surface area contributed by atoms with Gasteiger partial charge in [-0.25, -0.2) is 4.57 Å². The van der Waals surface area contributed by atoms with E-state index in [0.29, 0.717) is 0 Å². The van der Waals surface area contributed by atoms with Crippen molar-refractivity contribution >= 4 is 22.9 Å². The zero-order valence-corrected chi connectivity index (χ0v) is 10.2. The van der Waals surface area contributed by atoms with E-state index in [1.807, 2.05) is 0 Å². The molecule has 96 valence electrons. The third-order valence-corrected chi connectivity index (χ3v) is 6.41. The van der Waals surface area contributed by atoms with Crippen LogP contribution in [0.5, 0.6) is 0 Å². The maximum Gasteiger partial charge on any atom is 0.402 e. The SMILES string of the molecule is C=CC(NP(=O)(O)O)(P(=O)(O)O)P(=O)(O)O. The summed E-state index contributed by atoms with van der Waals surface area (Å²) in [5, 5.41) is -2.59. The fraction of sp³-hybridized carbons (Fsp3) is 0.333. The summed E-state index contributed by atoms with van der Waals surface area (Å²) < 4.78 is 32.4. The monoisotopic (exact) mass is 297 g/mol. The van der Waals surface area contributed by atoms with Gasteiger partial charge in [0.05, 0.1) is 0 Å². The molecule has 0 spiro atoms. The first kappa shape index (κ1) is 16.1. The van der Waals surface area contributed by atoms with E-state index < -0.39 is 28.0 Å². The van der Waals surface area contributed by atoms with Gasteiger partial charge in [-0.2, -0.15) is 5.09 Å². The molecule has 0 aromatic rings. The highest BCUT2D eigenvalue weighted by Gasteiger charge is 2.61. The van der Waals surface area contributed by atoms with E-state index in [1.165, 1.54) is 0 Å². The Morgan fingerprint density at radius 1 is 0.938 bits per heavy atom. The second-order valence-corrected chi connectivity index (χ2v) is 7.93. The van der Waals surface area contributed by atoms with Crippen LogP contribution in [0.1, 0.15) is 0 Å². The van der Waals surface area contributed by atoms with Crippen molar-refractivity contribution in [3.63, 3.8) is 0 Å². The molecule has 0 atom stereocenters. The largest absolute Gasteiger partial charge is 0.402 e. The highest BCUT2D eigenvalue weighted by Crippen LogP contribution is 2.70. The van der Waals surface area contributed by atoms with Gasteiger partial charge in [-0.05, 0) is 6.08 Å². The lowest BCUT2D eigenvalue weighted by Crippen LogP contribution is -2.40. The predicted molar refractivity (Wildman–Crippen MR) is 52.2 cm³/mol. The fourth-order valence-corrected chi connectivity index (χ4v) is 4.97. The van der Waals surface area contributed by atoms with Gasteiger partial charge >= 0.3 is 22.9 Å². The average Bonchev–Trinajstić information content (AvgIpc) is 1.93. The van der Waals surface area contributed by atoms with E-state index in [4.69, 9.17) is 29.4 Å². The van der Waals surface area contributed by atoms with Crippen LogP contribution in [0.25, 0.3) is 0 Å². The Bertz CT molecular complexity index is 390. The molecule has 0 unspecified atom stereocenters. The molecule has 13 heteroatoms. The average molecular weight is 297 g/mol. The minimum absolute atomic E-state index is 0.0770. The smallest absolute Gasteiger partial charge is 0.322 e. The molecular weight excluding hydrogens is 287 g/mol. The predicted octanol–water partition coefficient (Wildman–Crippen LogP) is -1.14. The molecule has 10 nitrogen and oxygen atoms in total. The van der Waals surface area contributed by atoms with Crippen LogP contribution in [0.4, 0.5) is 0 Å². The first-order valence-corrected chi connectivity index (χ1v) is 8.20. The van der Waals surface area contributed by atoms with Crippen molar-refractivity contribution < 1.29 is 43.1 Å². The summed E-state index contributed by atoms with van der Waals surface area (Å²) in [4.78, 5) is 52.0. The maximum absolute atomic E-state index is 10.9. The van der Waals surface area contributed by atoms with Gasteiger partial charge < -0.3 is 29.4 Å². The summed E-state index contributed by atoms with van der Waals surface area (Å²) in [5.41, 5.74) is 0. The Balaban J connectivity index is 5.90. The number of nitrogens with one attached hydrogen (secondary N) is 1. The van der Waals surface area contributed by atoms with Crippen LogP contribution in [-0.4, -0.2) is 34.4 Å².